The molecule has 2 rings (SSSR count). The third-order valence-electron chi connectivity index (χ3n) is 3.41. The minimum absolute atomic E-state index is 0.285. The molecular weight excluding hydrogens is 264 g/mol. The van der Waals surface area contributed by atoms with E-state index >= 15 is 0 Å². The maximum absolute atomic E-state index is 7.50. The van der Waals surface area contributed by atoms with Crippen molar-refractivity contribution >= 4 is 15.9 Å². The van der Waals surface area contributed by atoms with Crippen LogP contribution in [0.1, 0.15) is 18.4 Å². The molecule has 0 spiro atoms. The van der Waals surface area contributed by atoms with Crippen molar-refractivity contribution in [2.45, 2.75) is 18.4 Å². The van der Waals surface area contributed by atoms with E-state index in [1.165, 1.54) is 5.56 Å². The van der Waals surface area contributed by atoms with Crippen LogP contribution in [0.4, 0.5) is 0 Å². The molecule has 0 radical (unpaired) electrons. The molecule has 0 aromatic heterocycles. The van der Waals surface area contributed by atoms with Crippen LogP contribution in [0.25, 0.3) is 4.85 Å². The topological polar surface area (TPSA) is 7.60 Å². The fraction of sp³-hybridized carbons (Fsp3) is 0.462. The van der Waals surface area contributed by atoms with Gasteiger partial charge >= 0.3 is 0 Å². The van der Waals surface area contributed by atoms with Crippen LogP contribution in [0.15, 0.2) is 28.7 Å². The van der Waals surface area contributed by atoms with E-state index in [1.54, 1.807) is 0 Å². The Kier molecular flexibility index (Phi) is 3.32. The maximum atomic E-state index is 7.50. The van der Waals surface area contributed by atoms with E-state index < -0.39 is 0 Å². The highest BCUT2D eigenvalue weighted by Gasteiger charge is 2.41. The van der Waals surface area contributed by atoms with E-state index in [1.807, 2.05) is 12.1 Å². The molecule has 1 fully saturated rings. The molecule has 0 amide bonds. The molecule has 0 unspecified atom stereocenters. The third-order valence-corrected chi connectivity index (χ3v) is 3.94. The number of halogens is 1. The summed E-state index contributed by atoms with van der Waals surface area (Å²) >= 11 is 3.43. The third kappa shape index (κ3) is 2.14. The average Bonchev–Trinajstić information content (AvgIpc) is 2.32. The van der Waals surface area contributed by atoms with Crippen LogP contribution in [0.2, 0.25) is 0 Å². The minimum atomic E-state index is -0.285. The molecular formula is C13H15BrN2. The highest BCUT2D eigenvalue weighted by Crippen LogP contribution is 2.37. The lowest BCUT2D eigenvalue weighted by molar-refractivity contribution is 0.216. The van der Waals surface area contributed by atoms with Gasteiger partial charge in [-0.3, -0.25) is 0 Å². The van der Waals surface area contributed by atoms with E-state index in [2.05, 4.69) is 44.9 Å². The molecule has 1 aromatic rings. The first kappa shape index (κ1) is 11.6. The lowest BCUT2D eigenvalue weighted by Gasteiger charge is -2.31. The summed E-state index contributed by atoms with van der Waals surface area (Å²) in [5.74, 6) is 0. The average molecular weight is 279 g/mol. The maximum Gasteiger partial charge on any atom is 0.260 e. The molecule has 16 heavy (non-hydrogen) atoms. The second-order valence-corrected chi connectivity index (χ2v) is 5.37. The molecule has 2 nitrogen and oxygen atoms in total. The van der Waals surface area contributed by atoms with Crippen LogP contribution in [0.5, 0.6) is 0 Å². The quantitative estimate of drug-likeness (QED) is 0.716. The van der Waals surface area contributed by atoms with Gasteiger partial charge in [0.2, 0.25) is 0 Å². The molecule has 0 N–H and O–H groups in total. The Labute approximate surface area is 105 Å². The molecule has 1 aromatic carbocycles. The van der Waals surface area contributed by atoms with Gasteiger partial charge in [0.1, 0.15) is 0 Å². The normalized spacial score (nSPS) is 20.3. The molecule has 0 atom stereocenters. The highest BCUT2D eigenvalue weighted by atomic mass is 79.9. The molecule has 1 aliphatic rings. The predicted octanol–water partition coefficient (Wildman–Crippen LogP) is 3.29. The monoisotopic (exact) mass is 278 g/mol. The van der Waals surface area contributed by atoms with Crippen molar-refractivity contribution in [2.24, 2.45) is 0 Å². The van der Waals surface area contributed by atoms with Gasteiger partial charge in [-0.15, -0.1) is 0 Å². The molecule has 1 aliphatic heterocycles. The summed E-state index contributed by atoms with van der Waals surface area (Å²) in [6, 6.07) is 8.21. The van der Waals surface area contributed by atoms with E-state index in [-0.39, 0.29) is 5.54 Å². The number of nitrogens with zero attached hydrogens (tertiary/aromatic N) is 2. The van der Waals surface area contributed by atoms with Crippen LogP contribution >= 0.6 is 15.9 Å². The summed E-state index contributed by atoms with van der Waals surface area (Å²) < 4.78 is 1.07. The second kappa shape index (κ2) is 4.57. The Morgan fingerprint density at radius 2 is 1.81 bits per heavy atom. The molecule has 0 aliphatic carbocycles. The summed E-state index contributed by atoms with van der Waals surface area (Å²) in [5, 5.41) is 0. The van der Waals surface area contributed by atoms with Gasteiger partial charge in [0.05, 0.1) is 0 Å². The van der Waals surface area contributed by atoms with E-state index in [9.17, 15) is 0 Å². The SMILES string of the molecule is [C-]#[N+]C1(c2ccc(Br)cc2)CCN(C)CC1. The van der Waals surface area contributed by atoms with Crippen LogP contribution in [0, 0.1) is 6.57 Å². The number of piperidine rings is 1. The van der Waals surface area contributed by atoms with E-state index in [4.69, 9.17) is 6.57 Å². The van der Waals surface area contributed by atoms with Crippen molar-refractivity contribution in [3.8, 4) is 0 Å². The van der Waals surface area contributed by atoms with Gasteiger partial charge in [0, 0.05) is 36.0 Å². The van der Waals surface area contributed by atoms with Crippen molar-refractivity contribution in [1.82, 2.24) is 4.90 Å². The zero-order valence-corrected chi connectivity index (χ0v) is 11.0. The fourth-order valence-electron chi connectivity index (χ4n) is 2.21. The fourth-order valence-corrected chi connectivity index (χ4v) is 2.48. The van der Waals surface area contributed by atoms with Gasteiger partial charge in [-0.05, 0) is 31.3 Å². The minimum Gasteiger partial charge on any atom is -0.306 e. The number of rotatable bonds is 1. The van der Waals surface area contributed by atoms with Gasteiger partial charge < -0.3 is 9.74 Å². The summed E-state index contributed by atoms with van der Waals surface area (Å²) in [6.07, 6.45) is 1.88. The van der Waals surface area contributed by atoms with Gasteiger partial charge in [-0.1, -0.05) is 15.9 Å². The standard InChI is InChI=1S/C13H15BrN2/c1-15-13(7-9-16(2)10-8-13)11-3-5-12(14)6-4-11/h3-6H,7-10H2,2H3. The number of benzene rings is 1. The van der Waals surface area contributed by atoms with Gasteiger partial charge in [-0.25, -0.2) is 6.57 Å². The van der Waals surface area contributed by atoms with Crippen LogP contribution in [-0.2, 0) is 5.54 Å². The zero-order chi connectivity index (χ0) is 11.6. The lowest BCUT2D eigenvalue weighted by Crippen LogP contribution is -2.38. The van der Waals surface area contributed by atoms with E-state index in [0.29, 0.717) is 0 Å². The van der Waals surface area contributed by atoms with Crippen molar-refractivity contribution in [2.75, 3.05) is 20.1 Å². The first-order valence-corrected chi connectivity index (χ1v) is 6.29. The summed E-state index contributed by atoms with van der Waals surface area (Å²) in [6.45, 7) is 9.52. The molecule has 1 heterocycles. The Balaban J connectivity index is 2.29. The second-order valence-electron chi connectivity index (χ2n) is 4.45. The number of hydrogen-bond donors (Lipinski definition) is 0. The summed E-state index contributed by atoms with van der Waals surface area (Å²) in [7, 11) is 2.12. The number of hydrogen-bond acceptors (Lipinski definition) is 1. The Morgan fingerprint density at radius 1 is 1.25 bits per heavy atom. The Morgan fingerprint density at radius 3 is 2.31 bits per heavy atom. The van der Waals surface area contributed by atoms with Crippen molar-refractivity contribution in [3.63, 3.8) is 0 Å². The van der Waals surface area contributed by atoms with Gasteiger partial charge in [0.25, 0.3) is 5.54 Å². The molecule has 3 heteroatoms. The van der Waals surface area contributed by atoms with Gasteiger partial charge in [-0.2, -0.15) is 0 Å². The molecule has 1 saturated heterocycles. The Hall–Kier alpha value is -0.850. The molecule has 0 saturated carbocycles. The van der Waals surface area contributed by atoms with Gasteiger partial charge in [0.15, 0.2) is 0 Å². The lowest BCUT2D eigenvalue weighted by atomic mass is 9.82. The molecule has 84 valence electrons. The van der Waals surface area contributed by atoms with Crippen molar-refractivity contribution < 1.29 is 0 Å². The van der Waals surface area contributed by atoms with Crippen molar-refractivity contribution in [1.29, 1.82) is 0 Å². The van der Waals surface area contributed by atoms with Crippen LogP contribution in [0.3, 0.4) is 0 Å². The smallest absolute Gasteiger partial charge is 0.260 e. The Bertz CT molecular complexity index is 397. The predicted molar refractivity (Wildman–Crippen MR) is 69.2 cm³/mol. The van der Waals surface area contributed by atoms with Crippen molar-refractivity contribution in [3.05, 3.63) is 45.7 Å². The first-order valence-electron chi connectivity index (χ1n) is 5.49. The van der Waals surface area contributed by atoms with Crippen LogP contribution < -0.4 is 0 Å². The first-order chi connectivity index (χ1) is 7.66. The van der Waals surface area contributed by atoms with Crippen LogP contribution in [-0.4, -0.2) is 25.0 Å². The molecule has 0 bridgehead atoms. The highest BCUT2D eigenvalue weighted by molar-refractivity contribution is 9.10. The summed E-state index contributed by atoms with van der Waals surface area (Å²) in [5.41, 5.74) is 0.881. The summed E-state index contributed by atoms with van der Waals surface area (Å²) in [4.78, 5) is 6.22. The zero-order valence-electron chi connectivity index (χ0n) is 9.41. The number of likely N-dealkylation sites (tertiary alicyclic amines) is 1. The van der Waals surface area contributed by atoms with E-state index in [0.717, 1.165) is 30.4 Å². The largest absolute Gasteiger partial charge is 0.306 e.